The predicted molar refractivity (Wildman–Crippen MR) is 118 cm³/mol. The lowest BCUT2D eigenvalue weighted by Crippen LogP contribution is -2.41. The van der Waals surface area contributed by atoms with E-state index in [0.717, 1.165) is 11.1 Å². The maximum atomic E-state index is 12.4. The molecule has 1 aromatic carbocycles. The van der Waals surface area contributed by atoms with Crippen molar-refractivity contribution in [3.05, 3.63) is 65.4 Å². The predicted octanol–water partition coefficient (Wildman–Crippen LogP) is 4.89. The molecule has 1 aliphatic heterocycles. The molecule has 0 unspecified atom stereocenters. The molecule has 3 nitrogen and oxygen atoms in total. The van der Waals surface area contributed by atoms with E-state index in [2.05, 4.69) is 56.1 Å². The molecule has 0 fully saturated rings. The van der Waals surface area contributed by atoms with Gasteiger partial charge in [0.25, 0.3) is 0 Å². The summed E-state index contributed by atoms with van der Waals surface area (Å²) in [7, 11) is -1.83. The molecular formula is C24H32O3Si. The van der Waals surface area contributed by atoms with Gasteiger partial charge >= 0.3 is 5.97 Å². The number of carbonyl (C=O) groups is 2. The van der Waals surface area contributed by atoms with Gasteiger partial charge in [-0.05, 0) is 25.8 Å². The lowest BCUT2D eigenvalue weighted by Gasteiger charge is -2.27. The Bertz CT molecular complexity index is 787. The highest BCUT2D eigenvalue weighted by atomic mass is 28.3. The SMILES string of the molecule is C/C1=C/C=C/[C@H](C)[C@@H](/C(C)=C/[Si](C)(C)c2ccccc2)OC(=O)CC(=O)CC1. The highest BCUT2D eigenvalue weighted by molar-refractivity contribution is 6.94. The highest BCUT2D eigenvalue weighted by Gasteiger charge is 2.27. The van der Waals surface area contributed by atoms with E-state index in [4.69, 9.17) is 4.74 Å². The first-order valence-corrected chi connectivity index (χ1v) is 13.1. The number of carbonyl (C=O) groups excluding carboxylic acids is 2. The number of esters is 1. The summed E-state index contributed by atoms with van der Waals surface area (Å²) >= 11 is 0. The van der Waals surface area contributed by atoms with E-state index in [0.29, 0.717) is 12.8 Å². The van der Waals surface area contributed by atoms with Crippen LogP contribution < -0.4 is 5.19 Å². The minimum absolute atomic E-state index is 0.0272. The second-order valence-corrected chi connectivity index (χ2v) is 12.7. The number of rotatable bonds is 3. The minimum Gasteiger partial charge on any atom is -0.457 e. The van der Waals surface area contributed by atoms with Crippen LogP contribution in [-0.4, -0.2) is 25.9 Å². The Morgan fingerprint density at radius 2 is 1.82 bits per heavy atom. The van der Waals surface area contributed by atoms with Crippen LogP contribution in [0.25, 0.3) is 0 Å². The normalized spacial score (nSPS) is 25.8. The molecule has 1 aromatic rings. The molecule has 0 amide bonds. The Balaban J connectivity index is 2.34. The number of ether oxygens (including phenoxy) is 1. The topological polar surface area (TPSA) is 43.4 Å². The monoisotopic (exact) mass is 396 g/mol. The number of hydrogen-bond acceptors (Lipinski definition) is 3. The van der Waals surface area contributed by atoms with Gasteiger partial charge < -0.3 is 4.74 Å². The Labute approximate surface area is 170 Å². The number of hydrogen-bond donors (Lipinski definition) is 0. The van der Waals surface area contributed by atoms with Crippen LogP contribution >= 0.6 is 0 Å². The summed E-state index contributed by atoms with van der Waals surface area (Å²) in [5.74, 6) is -0.460. The minimum atomic E-state index is -1.83. The number of ketones is 1. The van der Waals surface area contributed by atoms with Gasteiger partial charge in [-0.3, -0.25) is 9.59 Å². The van der Waals surface area contributed by atoms with Crippen LogP contribution in [0.15, 0.2) is 65.4 Å². The third kappa shape index (κ3) is 6.45. The van der Waals surface area contributed by atoms with Crippen molar-refractivity contribution in [3.8, 4) is 0 Å². The molecule has 0 spiro atoms. The van der Waals surface area contributed by atoms with E-state index >= 15 is 0 Å². The van der Waals surface area contributed by atoms with E-state index < -0.39 is 14.0 Å². The Morgan fingerprint density at radius 1 is 1.14 bits per heavy atom. The number of benzene rings is 1. The van der Waals surface area contributed by atoms with Gasteiger partial charge in [0.05, 0.1) is 0 Å². The molecule has 1 heterocycles. The first kappa shape index (κ1) is 22.1. The van der Waals surface area contributed by atoms with Crippen molar-refractivity contribution in [2.24, 2.45) is 5.92 Å². The summed E-state index contributed by atoms with van der Waals surface area (Å²) in [5, 5.41) is 1.34. The zero-order valence-electron chi connectivity index (χ0n) is 17.7. The van der Waals surface area contributed by atoms with Gasteiger partial charge in [-0.1, -0.05) is 85.0 Å². The van der Waals surface area contributed by atoms with Crippen molar-refractivity contribution < 1.29 is 14.3 Å². The molecule has 2 atom stereocenters. The zero-order chi connectivity index (χ0) is 20.7. The molecule has 0 radical (unpaired) electrons. The molecule has 0 saturated carbocycles. The number of cyclic esters (lactones) is 1. The van der Waals surface area contributed by atoms with Crippen molar-refractivity contribution in [3.63, 3.8) is 0 Å². The summed E-state index contributed by atoms with van der Waals surface area (Å²) in [4.78, 5) is 24.5. The molecule has 28 heavy (non-hydrogen) atoms. The van der Waals surface area contributed by atoms with E-state index in [1.807, 2.05) is 32.1 Å². The van der Waals surface area contributed by atoms with Crippen molar-refractivity contribution in [1.82, 2.24) is 0 Å². The van der Waals surface area contributed by atoms with Gasteiger partial charge in [0.2, 0.25) is 0 Å². The molecule has 0 bridgehead atoms. The Morgan fingerprint density at radius 3 is 2.50 bits per heavy atom. The van der Waals surface area contributed by atoms with E-state index in [1.54, 1.807) is 0 Å². The van der Waals surface area contributed by atoms with E-state index in [9.17, 15) is 9.59 Å². The van der Waals surface area contributed by atoms with E-state index in [-0.39, 0.29) is 24.2 Å². The lowest BCUT2D eigenvalue weighted by atomic mass is 9.97. The second kappa shape index (κ2) is 9.83. The van der Waals surface area contributed by atoms with Crippen LogP contribution in [-0.2, 0) is 14.3 Å². The van der Waals surface area contributed by atoms with Gasteiger partial charge in [0.15, 0.2) is 0 Å². The first-order valence-electron chi connectivity index (χ1n) is 9.99. The third-order valence-corrected chi connectivity index (χ3v) is 8.22. The molecule has 4 heteroatoms. The smallest absolute Gasteiger partial charge is 0.313 e. The lowest BCUT2D eigenvalue weighted by molar-refractivity contribution is -0.150. The molecular weight excluding hydrogens is 364 g/mol. The fourth-order valence-corrected chi connectivity index (χ4v) is 6.09. The molecule has 2 rings (SSSR count). The summed E-state index contributed by atoms with van der Waals surface area (Å²) < 4.78 is 5.80. The molecule has 0 aromatic heterocycles. The van der Waals surface area contributed by atoms with Crippen molar-refractivity contribution in [2.45, 2.75) is 59.2 Å². The van der Waals surface area contributed by atoms with E-state index in [1.165, 1.54) is 5.19 Å². The fraction of sp³-hybridized carbons (Fsp3) is 0.417. The largest absolute Gasteiger partial charge is 0.457 e. The zero-order valence-corrected chi connectivity index (χ0v) is 18.7. The van der Waals surface area contributed by atoms with Gasteiger partial charge in [-0.2, -0.15) is 0 Å². The summed E-state index contributed by atoms with van der Waals surface area (Å²) in [6.45, 7) is 10.7. The average molecular weight is 397 g/mol. The summed E-state index contributed by atoms with van der Waals surface area (Å²) in [6, 6.07) is 10.5. The number of Topliss-reactive ketones (excluding diaryl/α,β-unsaturated/α-hetero) is 1. The number of allylic oxidation sites excluding steroid dienone is 3. The standard InChI is InChI=1S/C24H32O3Si/c1-18-10-9-11-19(2)24(27-23(26)16-21(25)15-14-18)20(3)17-28(4,5)22-12-7-6-8-13-22/h6-13,17,19,24H,14-16H2,1-5H3/b11-9+,18-10-,20-17+/t19-,24-/m0/s1. The molecule has 1 aliphatic rings. The molecule has 150 valence electrons. The second-order valence-electron chi connectivity index (χ2n) is 8.36. The van der Waals surface area contributed by atoms with Gasteiger partial charge in [0.1, 0.15) is 26.4 Å². The summed E-state index contributed by atoms with van der Waals surface area (Å²) in [6.07, 6.45) is 6.71. The third-order valence-electron chi connectivity index (χ3n) is 5.23. The van der Waals surface area contributed by atoms with Gasteiger partial charge in [-0.15, -0.1) is 0 Å². The summed E-state index contributed by atoms with van der Waals surface area (Å²) in [5.41, 5.74) is 4.50. The maximum Gasteiger partial charge on any atom is 0.313 e. The highest BCUT2D eigenvalue weighted by Crippen LogP contribution is 2.22. The van der Waals surface area contributed by atoms with Crippen LogP contribution in [0.5, 0.6) is 0 Å². The van der Waals surface area contributed by atoms with Crippen LogP contribution in [0, 0.1) is 5.92 Å². The molecule has 0 aliphatic carbocycles. The molecule has 0 N–H and O–H groups in total. The van der Waals surface area contributed by atoms with Crippen LogP contribution in [0.3, 0.4) is 0 Å². The van der Waals surface area contributed by atoms with Crippen molar-refractivity contribution in [1.29, 1.82) is 0 Å². The Kier molecular flexibility index (Phi) is 7.75. The van der Waals surface area contributed by atoms with Crippen LogP contribution in [0.1, 0.15) is 40.0 Å². The quantitative estimate of drug-likeness (QED) is 0.415. The maximum absolute atomic E-state index is 12.4. The average Bonchev–Trinajstić information content (AvgIpc) is 2.64. The van der Waals surface area contributed by atoms with Crippen LogP contribution in [0.2, 0.25) is 13.1 Å². The van der Waals surface area contributed by atoms with Crippen molar-refractivity contribution >= 4 is 25.0 Å². The van der Waals surface area contributed by atoms with Crippen molar-refractivity contribution in [2.75, 3.05) is 0 Å². The first-order chi connectivity index (χ1) is 13.2. The molecule has 0 saturated heterocycles. The fourth-order valence-electron chi connectivity index (χ4n) is 3.57. The Hall–Kier alpha value is -2.20. The van der Waals surface area contributed by atoms with Gasteiger partial charge in [0, 0.05) is 12.3 Å². The van der Waals surface area contributed by atoms with Crippen LogP contribution in [0.4, 0.5) is 0 Å². The van der Waals surface area contributed by atoms with Gasteiger partial charge in [-0.25, -0.2) is 0 Å².